The Bertz CT molecular complexity index is 378. The lowest BCUT2D eigenvalue weighted by Crippen LogP contribution is -2.58. The van der Waals surface area contributed by atoms with E-state index in [9.17, 15) is 0 Å². The van der Waals surface area contributed by atoms with Crippen molar-refractivity contribution in [1.82, 2.24) is 9.88 Å². The smallest absolute Gasteiger partial charge is 0.0777 e. The van der Waals surface area contributed by atoms with E-state index in [1.54, 1.807) is 0 Å². The predicted octanol–water partition coefficient (Wildman–Crippen LogP) is -1.97. The van der Waals surface area contributed by atoms with Gasteiger partial charge < -0.3 is 0 Å². The van der Waals surface area contributed by atoms with E-state index >= 15 is 0 Å². The van der Waals surface area contributed by atoms with E-state index in [-0.39, 0.29) is 0 Å². The monoisotopic (exact) mass is 276 g/mol. The molecule has 0 bridgehead atoms. The highest BCUT2D eigenvalue weighted by Gasteiger charge is 2.23. The lowest BCUT2D eigenvalue weighted by molar-refractivity contribution is -1.92. The van der Waals surface area contributed by atoms with Crippen molar-refractivity contribution in [2.75, 3.05) is 13.6 Å². The van der Waals surface area contributed by atoms with Crippen molar-refractivity contribution in [3.8, 4) is 0 Å². The van der Waals surface area contributed by atoms with E-state index in [1.165, 1.54) is 30.5 Å². The lowest BCUT2D eigenvalue weighted by atomic mass is 10.0. The van der Waals surface area contributed by atoms with Crippen molar-refractivity contribution in [1.29, 1.82) is 0 Å². The molecule has 1 unspecified atom stereocenters. The molecular formula is C11H17ClN2O4. The molecule has 0 radical (unpaired) electrons. The van der Waals surface area contributed by atoms with E-state index in [2.05, 4.69) is 29.9 Å². The van der Waals surface area contributed by atoms with Crippen LogP contribution in [0, 0.1) is 17.2 Å². The zero-order valence-corrected chi connectivity index (χ0v) is 11.1. The fourth-order valence-electron chi connectivity index (χ4n) is 2.13. The summed E-state index contributed by atoms with van der Waals surface area (Å²) >= 11 is 0. The minimum absolute atomic E-state index is 0.605. The van der Waals surface area contributed by atoms with Crippen LogP contribution in [0.4, 0.5) is 0 Å². The number of hydrogen-bond acceptors (Lipinski definition) is 6. The third-order valence-corrected chi connectivity index (χ3v) is 2.96. The second kappa shape index (κ2) is 6.42. The van der Waals surface area contributed by atoms with E-state index in [4.69, 9.17) is 18.6 Å². The third-order valence-electron chi connectivity index (χ3n) is 2.96. The molecule has 1 atom stereocenters. The van der Waals surface area contributed by atoms with Crippen LogP contribution in [-0.2, 0) is 0 Å². The predicted molar refractivity (Wildman–Crippen MR) is 55.8 cm³/mol. The van der Waals surface area contributed by atoms with Crippen LogP contribution in [0.5, 0.6) is 0 Å². The van der Waals surface area contributed by atoms with Crippen LogP contribution >= 0.6 is 0 Å². The van der Waals surface area contributed by atoms with E-state index in [1.807, 2.05) is 12.4 Å². The molecule has 0 spiro atoms. The quantitative estimate of drug-likeness (QED) is 0.638. The Labute approximate surface area is 108 Å². The molecule has 1 aliphatic heterocycles. The number of hydrogen-bond donors (Lipinski definition) is 1. The molecule has 2 heterocycles. The van der Waals surface area contributed by atoms with Gasteiger partial charge >= 0.3 is 0 Å². The Balaban J connectivity index is 0.000000280. The molecule has 18 heavy (non-hydrogen) atoms. The van der Waals surface area contributed by atoms with E-state index in [0.717, 1.165) is 0 Å². The molecular weight excluding hydrogens is 260 g/mol. The number of likely N-dealkylation sites (tertiary alicyclic amines) is 1. The molecule has 1 saturated heterocycles. The largest absolute Gasteiger partial charge is 0.299 e. The van der Waals surface area contributed by atoms with Crippen LogP contribution in [-0.4, -0.2) is 28.1 Å². The standard InChI is InChI=1S/C11H16N2.ClHO4/c1-9-5-6-12-8-10(9)11-4-3-7-13(11)2;2-1(3,4)5/h5-6,8,11H,3-4,7H2,1-2H3;(H,2,3,4,5). The molecule has 0 aliphatic carbocycles. The Morgan fingerprint density at radius 2 is 2.06 bits per heavy atom. The molecule has 6 nitrogen and oxygen atoms in total. The first-order valence-electron chi connectivity index (χ1n) is 5.53. The number of rotatable bonds is 1. The van der Waals surface area contributed by atoms with E-state index in [0.29, 0.717) is 6.04 Å². The average Bonchev–Trinajstić information content (AvgIpc) is 2.63. The maximum absolute atomic E-state index is 8.60. The van der Waals surface area contributed by atoms with Gasteiger partial charge in [-0.3, -0.25) is 9.88 Å². The maximum Gasteiger partial charge on any atom is 0.0777 e. The molecule has 1 aromatic heterocycles. The number of aryl methyl sites for hydroxylation is 1. The number of aromatic nitrogens is 1. The van der Waals surface area contributed by atoms with Crippen LogP contribution in [0.3, 0.4) is 0 Å². The molecule has 1 aliphatic rings. The molecule has 2 rings (SSSR count). The summed E-state index contributed by atoms with van der Waals surface area (Å²) in [4.78, 5) is 6.62. The first kappa shape index (κ1) is 15.3. The topological polar surface area (TPSA) is 106 Å². The van der Waals surface area contributed by atoms with Gasteiger partial charge in [0.15, 0.2) is 0 Å². The van der Waals surface area contributed by atoms with Crippen molar-refractivity contribution in [2.45, 2.75) is 25.8 Å². The van der Waals surface area contributed by atoms with Crippen molar-refractivity contribution in [2.24, 2.45) is 0 Å². The van der Waals surface area contributed by atoms with Crippen LogP contribution < -0.4 is 14.0 Å². The van der Waals surface area contributed by atoms with Crippen LogP contribution in [0.2, 0.25) is 0 Å². The van der Waals surface area contributed by atoms with Crippen molar-refractivity contribution in [3.05, 3.63) is 29.6 Å². The maximum atomic E-state index is 8.60. The summed E-state index contributed by atoms with van der Waals surface area (Å²) in [6.07, 6.45) is 6.48. The molecule has 0 amide bonds. The van der Waals surface area contributed by atoms with Gasteiger partial charge in [0.2, 0.25) is 0 Å². The third kappa shape index (κ3) is 5.26. The Morgan fingerprint density at radius 3 is 2.50 bits per heavy atom. The van der Waals surface area contributed by atoms with Gasteiger partial charge in [0, 0.05) is 18.4 Å². The Hall–Kier alpha value is -0.760. The summed E-state index contributed by atoms with van der Waals surface area (Å²) in [6.45, 7) is 3.39. The Kier molecular flexibility index (Phi) is 5.46. The summed E-state index contributed by atoms with van der Waals surface area (Å²) in [7, 11) is -2.50. The first-order valence-corrected chi connectivity index (χ1v) is 6.79. The SMILES string of the molecule is Cc1ccncc1C1CCCN1C.[O-][Cl+3]([O-])([O-])O. The second-order valence-electron chi connectivity index (χ2n) is 4.27. The van der Waals surface area contributed by atoms with Gasteiger partial charge in [0.05, 0.1) is 14.9 Å². The molecule has 1 aromatic rings. The van der Waals surface area contributed by atoms with Crippen LogP contribution in [0.1, 0.15) is 30.0 Å². The summed E-state index contributed by atoms with van der Waals surface area (Å²) in [5.74, 6) is 0. The van der Waals surface area contributed by atoms with Crippen molar-refractivity contribution < 1.29 is 28.9 Å². The number of nitrogens with zero attached hydrogens (tertiary/aromatic N) is 2. The van der Waals surface area contributed by atoms with E-state index < -0.39 is 10.2 Å². The second-order valence-corrected chi connectivity index (χ2v) is 5.06. The molecule has 102 valence electrons. The highest BCUT2D eigenvalue weighted by molar-refractivity contribution is 5.25. The zero-order chi connectivity index (χ0) is 13.8. The average molecular weight is 277 g/mol. The van der Waals surface area contributed by atoms with Gasteiger partial charge in [-0.25, -0.2) is 0 Å². The summed E-state index contributed by atoms with van der Waals surface area (Å²) in [6, 6.07) is 2.70. The molecule has 0 aromatic carbocycles. The summed E-state index contributed by atoms with van der Waals surface area (Å²) < 4.78 is 32.7. The zero-order valence-electron chi connectivity index (χ0n) is 10.4. The van der Waals surface area contributed by atoms with Gasteiger partial charge in [-0.15, -0.1) is 0 Å². The highest BCUT2D eigenvalue weighted by Crippen LogP contribution is 2.31. The minimum atomic E-state index is -4.69. The molecule has 7 heteroatoms. The highest BCUT2D eigenvalue weighted by atomic mass is 35.7. The molecule has 1 N–H and O–H groups in total. The first-order chi connectivity index (χ1) is 8.29. The summed E-state index contributed by atoms with van der Waals surface area (Å²) in [5.41, 5.74) is 2.77. The van der Waals surface area contributed by atoms with Gasteiger partial charge in [-0.05, 0) is 50.6 Å². The van der Waals surface area contributed by atoms with Gasteiger partial charge in [-0.1, -0.05) is 0 Å². The normalized spacial score (nSPS) is 20.4. The van der Waals surface area contributed by atoms with Crippen molar-refractivity contribution >= 4 is 0 Å². The van der Waals surface area contributed by atoms with Gasteiger partial charge in [0.1, 0.15) is 0 Å². The Morgan fingerprint density at radius 1 is 1.44 bits per heavy atom. The van der Waals surface area contributed by atoms with Crippen molar-refractivity contribution in [3.63, 3.8) is 0 Å². The summed E-state index contributed by atoms with van der Waals surface area (Å²) in [5, 5.41) is 0. The molecule has 0 saturated carbocycles. The number of halogens is 1. The molecule has 1 fully saturated rings. The fourth-order valence-corrected chi connectivity index (χ4v) is 2.13. The van der Waals surface area contributed by atoms with Crippen LogP contribution in [0.25, 0.3) is 0 Å². The fraction of sp³-hybridized carbons (Fsp3) is 0.545. The number of pyridine rings is 1. The lowest BCUT2D eigenvalue weighted by Gasteiger charge is -2.20. The van der Waals surface area contributed by atoms with Crippen LogP contribution in [0.15, 0.2) is 18.5 Å². The van der Waals surface area contributed by atoms with Gasteiger partial charge in [-0.2, -0.15) is 14.0 Å². The van der Waals surface area contributed by atoms with Gasteiger partial charge in [0.25, 0.3) is 0 Å². The minimum Gasteiger partial charge on any atom is -0.299 e.